The zero-order valence-corrected chi connectivity index (χ0v) is 13.3. The summed E-state index contributed by atoms with van der Waals surface area (Å²) < 4.78 is 1.78. The largest absolute Gasteiger partial charge is 0.352 e. The SMILES string of the molecule is Cc1ncc(Br)c(=O)n1CC(=O)NC1CCCCCC1. The maximum Gasteiger partial charge on any atom is 0.268 e. The van der Waals surface area contributed by atoms with Crippen LogP contribution in [0.25, 0.3) is 0 Å². The molecule has 5 nitrogen and oxygen atoms in total. The van der Waals surface area contributed by atoms with Gasteiger partial charge in [-0.05, 0) is 35.7 Å². The first-order valence-corrected chi connectivity index (χ1v) is 7.88. The molecule has 1 saturated carbocycles. The lowest BCUT2D eigenvalue weighted by atomic mass is 10.1. The Morgan fingerprint density at radius 3 is 2.70 bits per heavy atom. The number of amides is 1. The summed E-state index contributed by atoms with van der Waals surface area (Å²) in [5.41, 5.74) is -0.214. The summed E-state index contributed by atoms with van der Waals surface area (Å²) in [6, 6.07) is 0.251. The van der Waals surface area contributed by atoms with E-state index in [1.807, 2.05) is 0 Å². The molecule has 0 bridgehead atoms. The summed E-state index contributed by atoms with van der Waals surface area (Å²) in [5.74, 6) is 0.441. The molecule has 1 heterocycles. The van der Waals surface area contributed by atoms with Crippen LogP contribution in [0.1, 0.15) is 44.3 Å². The van der Waals surface area contributed by atoms with Gasteiger partial charge in [0, 0.05) is 12.2 Å². The van der Waals surface area contributed by atoms with Crippen molar-refractivity contribution in [1.82, 2.24) is 14.9 Å². The Labute approximate surface area is 126 Å². The van der Waals surface area contributed by atoms with Crippen LogP contribution in [0.5, 0.6) is 0 Å². The molecule has 6 heteroatoms. The summed E-state index contributed by atoms with van der Waals surface area (Å²) in [5, 5.41) is 3.04. The molecule has 0 atom stereocenters. The molecule has 1 N–H and O–H groups in total. The monoisotopic (exact) mass is 341 g/mol. The van der Waals surface area contributed by atoms with Crippen molar-refractivity contribution in [2.75, 3.05) is 0 Å². The number of aromatic nitrogens is 2. The van der Waals surface area contributed by atoms with E-state index in [1.54, 1.807) is 6.92 Å². The highest BCUT2D eigenvalue weighted by Gasteiger charge is 2.16. The Kier molecular flexibility index (Phi) is 5.34. The standard InChI is InChI=1S/C14H20BrN3O2/c1-10-16-8-12(15)14(20)18(10)9-13(19)17-11-6-4-2-3-5-7-11/h8,11H,2-7,9H2,1H3,(H,17,19). The second-order valence-electron chi connectivity index (χ2n) is 5.30. The topological polar surface area (TPSA) is 64.0 Å². The predicted molar refractivity (Wildman–Crippen MR) is 80.6 cm³/mol. The lowest BCUT2D eigenvalue weighted by molar-refractivity contribution is -0.122. The van der Waals surface area contributed by atoms with Crippen molar-refractivity contribution in [3.05, 3.63) is 26.8 Å². The summed E-state index contributed by atoms with van der Waals surface area (Å²) in [6.07, 6.45) is 8.38. The number of aryl methyl sites for hydroxylation is 1. The third-order valence-electron chi connectivity index (χ3n) is 3.73. The number of halogens is 1. The van der Waals surface area contributed by atoms with Crippen molar-refractivity contribution in [3.63, 3.8) is 0 Å². The van der Waals surface area contributed by atoms with Gasteiger partial charge in [0.1, 0.15) is 16.8 Å². The summed E-state index contributed by atoms with van der Waals surface area (Å²) >= 11 is 3.15. The van der Waals surface area contributed by atoms with Crippen molar-refractivity contribution in [2.24, 2.45) is 0 Å². The Morgan fingerprint density at radius 1 is 1.40 bits per heavy atom. The fourth-order valence-electron chi connectivity index (χ4n) is 2.58. The van der Waals surface area contributed by atoms with Gasteiger partial charge < -0.3 is 5.32 Å². The first kappa shape index (κ1) is 15.2. The minimum Gasteiger partial charge on any atom is -0.352 e. The normalized spacial score (nSPS) is 16.7. The molecule has 1 aromatic rings. The second-order valence-corrected chi connectivity index (χ2v) is 6.15. The maximum atomic E-state index is 12.1. The van der Waals surface area contributed by atoms with Crippen molar-refractivity contribution in [3.8, 4) is 0 Å². The quantitative estimate of drug-likeness (QED) is 0.856. The molecule has 0 aliphatic heterocycles. The highest BCUT2D eigenvalue weighted by molar-refractivity contribution is 9.10. The average Bonchev–Trinajstić information content (AvgIpc) is 2.68. The van der Waals surface area contributed by atoms with Crippen LogP contribution in [0.4, 0.5) is 0 Å². The molecular formula is C14H20BrN3O2. The number of carbonyl (C=O) groups excluding carboxylic acids is 1. The van der Waals surface area contributed by atoms with E-state index >= 15 is 0 Å². The Bertz CT molecular complexity index is 534. The van der Waals surface area contributed by atoms with Gasteiger partial charge in [0.15, 0.2) is 0 Å². The molecule has 0 unspecified atom stereocenters. The third-order valence-corrected chi connectivity index (χ3v) is 4.27. The number of hydrogen-bond donors (Lipinski definition) is 1. The van der Waals surface area contributed by atoms with Crippen LogP contribution in [0.3, 0.4) is 0 Å². The summed E-state index contributed by atoms with van der Waals surface area (Å²) in [6.45, 7) is 1.76. The van der Waals surface area contributed by atoms with Gasteiger partial charge in [-0.25, -0.2) is 4.98 Å². The van der Waals surface area contributed by atoms with E-state index in [-0.39, 0.29) is 24.1 Å². The molecule has 0 saturated heterocycles. The molecule has 0 radical (unpaired) electrons. The molecule has 0 aromatic carbocycles. The molecule has 2 rings (SSSR count). The number of carbonyl (C=O) groups is 1. The highest BCUT2D eigenvalue weighted by atomic mass is 79.9. The van der Waals surface area contributed by atoms with Crippen LogP contribution >= 0.6 is 15.9 Å². The van der Waals surface area contributed by atoms with Crippen LogP contribution in [-0.2, 0) is 11.3 Å². The van der Waals surface area contributed by atoms with Crippen LogP contribution in [0.15, 0.2) is 15.5 Å². The molecule has 0 spiro atoms. The molecule has 1 fully saturated rings. The maximum absolute atomic E-state index is 12.1. The van der Waals surface area contributed by atoms with Crippen molar-refractivity contribution in [1.29, 1.82) is 0 Å². The first-order valence-electron chi connectivity index (χ1n) is 7.09. The van der Waals surface area contributed by atoms with Gasteiger partial charge in [0.25, 0.3) is 5.56 Å². The predicted octanol–water partition coefficient (Wildman–Crippen LogP) is 2.15. The van der Waals surface area contributed by atoms with Gasteiger partial charge in [-0.3, -0.25) is 14.2 Å². The van der Waals surface area contributed by atoms with Gasteiger partial charge in [-0.2, -0.15) is 0 Å². The number of nitrogens with zero attached hydrogens (tertiary/aromatic N) is 2. The molecule has 1 amide bonds. The van der Waals surface area contributed by atoms with Crippen LogP contribution in [-0.4, -0.2) is 21.5 Å². The van der Waals surface area contributed by atoms with Gasteiger partial charge >= 0.3 is 0 Å². The lowest BCUT2D eigenvalue weighted by Gasteiger charge is -2.17. The minimum absolute atomic E-state index is 0.0353. The molecule has 110 valence electrons. The summed E-state index contributed by atoms with van der Waals surface area (Å²) in [7, 11) is 0. The fraction of sp³-hybridized carbons (Fsp3) is 0.643. The van der Waals surface area contributed by atoms with Crippen molar-refractivity contribution >= 4 is 21.8 Å². The van der Waals surface area contributed by atoms with Crippen LogP contribution in [0, 0.1) is 6.92 Å². The highest BCUT2D eigenvalue weighted by Crippen LogP contribution is 2.17. The van der Waals surface area contributed by atoms with E-state index in [4.69, 9.17) is 0 Å². The van der Waals surface area contributed by atoms with E-state index in [2.05, 4.69) is 26.2 Å². The molecular weight excluding hydrogens is 322 g/mol. The van der Waals surface area contributed by atoms with Gasteiger partial charge in [-0.1, -0.05) is 25.7 Å². The van der Waals surface area contributed by atoms with E-state index in [9.17, 15) is 9.59 Å². The van der Waals surface area contributed by atoms with Crippen LogP contribution in [0.2, 0.25) is 0 Å². The van der Waals surface area contributed by atoms with E-state index in [0.717, 1.165) is 12.8 Å². The molecule has 1 aromatic heterocycles. The van der Waals surface area contributed by atoms with E-state index < -0.39 is 0 Å². The zero-order valence-electron chi connectivity index (χ0n) is 11.7. The molecule has 1 aliphatic carbocycles. The second kappa shape index (κ2) is 7.02. The number of rotatable bonds is 3. The van der Waals surface area contributed by atoms with Gasteiger partial charge in [0.2, 0.25) is 5.91 Å². The van der Waals surface area contributed by atoms with E-state index in [0.29, 0.717) is 10.3 Å². The minimum atomic E-state index is -0.214. The molecule has 20 heavy (non-hydrogen) atoms. The van der Waals surface area contributed by atoms with Crippen molar-refractivity contribution in [2.45, 2.75) is 58.0 Å². The van der Waals surface area contributed by atoms with E-state index in [1.165, 1.54) is 36.4 Å². The first-order chi connectivity index (χ1) is 9.58. The van der Waals surface area contributed by atoms with Gasteiger partial charge in [-0.15, -0.1) is 0 Å². The van der Waals surface area contributed by atoms with Gasteiger partial charge in [0.05, 0.1) is 0 Å². The fourth-order valence-corrected chi connectivity index (χ4v) is 2.89. The van der Waals surface area contributed by atoms with Crippen molar-refractivity contribution < 1.29 is 4.79 Å². The lowest BCUT2D eigenvalue weighted by Crippen LogP contribution is -2.39. The number of nitrogens with one attached hydrogen (secondary N) is 1. The third kappa shape index (κ3) is 3.91. The Balaban J connectivity index is 2.01. The Hall–Kier alpha value is -1.17. The smallest absolute Gasteiger partial charge is 0.268 e. The zero-order chi connectivity index (χ0) is 14.5. The number of hydrogen-bond acceptors (Lipinski definition) is 3. The molecule has 1 aliphatic rings. The van der Waals surface area contributed by atoms with Crippen LogP contribution < -0.4 is 10.9 Å². The Morgan fingerprint density at radius 2 is 2.05 bits per heavy atom. The summed E-state index contributed by atoms with van der Waals surface area (Å²) in [4.78, 5) is 28.2. The average molecular weight is 342 g/mol.